The number of esters is 1. The van der Waals surface area contributed by atoms with Crippen LogP contribution in [0.4, 0.5) is 0 Å². The van der Waals surface area contributed by atoms with E-state index in [1.807, 2.05) is 72.9 Å². The fourth-order valence-electron chi connectivity index (χ4n) is 3.92. The van der Waals surface area contributed by atoms with Crippen LogP contribution in [0.15, 0.2) is 89.0 Å². The Labute approximate surface area is 216 Å². The lowest BCUT2D eigenvalue weighted by molar-refractivity contribution is -0.146. The van der Waals surface area contributed by atoms with E-state index in [1.54, 1.807) is 11.4 Å². The number of methoxy groups -OCH3 is 1. The number of likely N-dealkylation sites (N-methyl/N-ethyl adjacent to an activating group) is 1. The SMILES string of the molecule is COC(=O)[C@H](Cc1c[nH]c2ccccc12)N(N)/C=C(\N)CN(C)S(=O)c1ccc(-c2ccccc2)s1. The zero-order chi connectivity index (χ0) is 25.7. The van der Waals surface area contributed by atoms with Crippen molar-refractivity contribution < 1.29 is 13.7 Å². The molecule has 36 heavy (non-hydrogen) atoms. The van der Waals surface area contributed by atoms with Crippen molar-refractivity contribution in [3.05, 3.63) is 90.4 Å². The van der Waals surface area contributed by atoms with Crippen LogP contribution >= 0.6 is 11.3 Å². The van der Waals surface area contributed by atoms with Crippen molar-refractivity contribution in [1.82, 2.24) is 14.3 Å². The van der Waals surface area contributed by atoms with Gasteiger partial charge in [-0.25, -0.2) is 19.2 Å². The van der Waals surface area contributed by atoms with Gasteiger partial charge in [-0.1, -0.05) is 48.5 Å². The number of nitrogens with zero attached hydrogens (tertiary/aromatic N) is 2. The van der Waals surface area contributed by atoms with Crippen molar-refractivity contribution in [2.75, 3.05) is 20.7 Å². The Morgan fingerprint density at radius 1 is 1.14 bits per heavy atom. The zero-order valence-corrected chi connectivity index (χ0v) is 21.7. The number of hydrogen-bond donors (Lipinski definition) is 3. The summed E-state index contributed by atoms with van der Waals surface area (Å²) < 4.78 is 20.4. The number of hydrazine groups is 1. The molecular weight excluding hydrogens is 494 g/mol. The molecule has 0 saturated heterocycles. The Hall–Kier alpha value is -3.44. The third-order valence-electron chi connectivity index (χ3n) is 5.74. The van der Waals surface area contributed by atoms with Crippen LogP contribution < -0.4 is 11.6 Å². The molecule has 2 aromatic carbocycles. The summed E-state index contributed by atoms with van der Waals surface area (Å²) in [5.74, 6) is 5.78. The van der Waals surface area contributed by atoms with Crippen molar-refractivity contribution >= 4 is 39.2 Å². The first-order valence-corrected chi connectivity index (χ1v) is 13.2. The van der Waals surface area contributed by atoms with Gasteiger partial charge in [0.15, 0.2) is 0 Å². The predicted octanol–water partition coefficient (Wildman–Crippen LogP) is 3.61. The maximum atomic E-state index is 13.1. The average molecular weight is 524 g/mol. The van der Waals surface area contributed by atoms with Crippen molar-refractivity contribution in [3.8, 4) is 10.4 Å². The lowest BCUT2D eigenvalue weighted by Crippen LogP contribution is -2.45. The lowest BCUT2D eigenvalue weighted by atomic mass is 10.0. The second-order valence-electron chi connectivity index (χ2n) is 8.27. The number of hydrogen-bond acceptors (Lipinski definition) is 7. The standard InChI is InChI=1S/C26H29N5O3S2/c1-30(36(33)25-13-12-24(35-25)18-8-4-3-5-9-18)16-20(27)17-31(28)23(26(32)34-2)14-19-15-29-22-11-7-6-10-21(19)22/h3-13,15,17,23,29H,14,16,27-28H2,1-2H3/b20-17-/t23-,36?/m0/s1. The van der Waals surface area contributed by atoms with Crippen LogP contribution in [-0.2, 0) is 26.9 Å². The number of ether oxygens (including phenoxy) is 1. The Bertz CT molecular complexity index is 1380. The summed E-state index contributed by atoms with van der Waals surface area (Å²) in [4.78, 5) is 16.8. The summed E-state index contributed by atoms with van der Waals surface area (Å²) in [5.41, 5.74) is 9.59. The summed E-state index contributed by atoms with van der Waals surface area (Å²) >= 11 is 1.48. The van der Waals surface area contributed by atoms with Crippen LogP contribution in [0.2, 0.25) is 0 Å². The molecule has 188 valence electrons. The maximum absolute atomic E-state index is 13.1. The first-order valence-electron chi connectivity index (χ1n) is 11.3. The largest absolute Gasteiger partial charge is 0.467 e. The number of rotatable bonds is 10. The number of nitrogens with one attached hydrogen (secondary N) is 1. The summed E-state index contributed by atoms with van der Waals surface area (Å²) in [6.45, 7) is 0.194. The van der Waals surface area contributed by atoms with E-state index in [0.29, 0.717) is 12.1 Å². The smallest absolute Gasteiger partial charge is 0.330 e. The number of nitrogens with two attached hydrogens (primary N) is 2. The van der Waals surface area contributed by atoms with Gasteiger partial charge in [0.05, 0.1) is 13.7 Å². The van der Waals surface area contributed by atoms with E-state index in [-0.39, 0.29) is 6.54 Å². The molecule has 0 bridgehead atoms. The van der Waals surface area contributed by atoms with Crippen molar-refractivity contribution in [2.24, 2.45) is 11.6 Å². The zero-order valence-electron chi connectivity index (χ0n) is 20.1. The van der Waals surface area contributed by atoms with Crippen LogP contribution in [-0.4, -0.2) is 51.2 Å². The predicted molar refractivity (Wildman–Crippen MR) is 145 cm³/mol. The van der Waals surface area contributed by atoms with Crippen molar-refractivity contribution in [2.45, 2.75) is 16.7 Å². The monoisotopic (exact) mass is 523 g/mol. The molecule has 4 aromatic rings. The molecule has 0 spiro atoms. The van der Waals surface area contributed by atoms with Gasteiger partial charge in [0.25, 0.3) is 0 Å². The van der Waals surface area contributed by atoms with Gasteiger partial charge in [0, 0.05) is 47.3 Å². The molecule has 2 heterocycles. The van der Waals surface area contributed by atoms with E-state index in [0.717, 1.165) is 31.1 Å². The Morgan fingerprint density at radius 2 is 1.86 bits per heavy atom. The molecule has 0 radical (unpaired) electrons. The second kappa shape index (κ2) is 11.5. The molecule has 4 rings (SSSR count). The summed E-state index contributed by atoms with van der Waals surface area (Å²) in [7, 11) is 1.65. The van der Waals surface area contributed by atoms with Gasteiger partial charge in [-0.2, -0.15) is 0 Å². The number of H-pyrrole nitrogens is 1. The highest BCUT2D eigenvalue weighted by Crippen LogP contribution is 2.30. The highest BCUT2D eigenvalue weighted by molar-refractivity contribution is 7.85. The molecule has 10 heteroatoms. The summed E-state index contributed by atoms with van der Waals surface area (Å²) in [5, 5.41) is 2.27. The minimum absolute atomic E-state index is 0.194. The van der Waals surface area contributed by atoms with Gasteiger partial charge in [0.1, 0.15) is 21.2 Å². The molecule has 0 aliphatic rings. The number of carbonyl (C=O) groups is 1. The average Bonchev–Trinajstić information content (AvgIpc) is 3.54. The Morgan fingerprint density at radius 3 is 2.61 bits per heavy atom. The maximum Gasteiger partial charge on any atom is 0.330 e. The molecule has 0 aliphatic carbocycles. The molecular formula is C26H29N5O3S2. The minimum atomic E-state index is -1.40. The first kappa shape index (κ1) is 25.6. The van der Waals surface area contributed by atoms with E-state index < -0.39 is 23.0 Å². The summed E-state index contributed by atoms with van der Waals surface area (Å²) in [6.07, 6.45) is 3.69. The second-order valence-corrected chi connectivity index (χ2v) is 11.2. The van der Waals surface area contributed by atoms with Crippen molar-refractivity contribution in [1.29, 1.82) is 0 Å². The van der Waals surface area contributed by atoms with E-state index in [4.69, 9.17) is 16.3 Å². The van der Waals surface area contributed by atoms with E-state index in [9.17, 15) is 9.00 Å². The third-order valence-corrected chi connectivity index (χ3v) is 8.52. The number of fused-ring (bicyclic) bond motifs is 1. The van der Waals surface area contributed by atoms with E-state index >= 15 is 0 Å². The van der Waals surface area contributed by atoms with Gasteiger partial charge in [-0.15, -0.1) is 11.3 Å². The number of aromatic nitrogens is 1. The number of para-hydroxylation sites is 1. The van der Waals surface area contributed by atoms with E-state index in [1.165, 1.54) is 29.7 Å². The lowest BCUT2D eigenvalue weighted by Gasteiger charge is -2.25. The van der Waals surface area contributed by atoms with Crippen LogP contribution in [0.5, 0.6) is 0 Å². The van der Waals surface area contributed by atoms with Gasteiger partial charge in [-0.05, 0) is 29.3 Å². The number of carbonyl (C=O) groups excluding carboxylic acids is 1. The first-order chi connectivity index (χ1) is 17.4. The molecule has 2 aromatic heterocycles. The normalized spacial score (nSPS) is 13.6. The molecule has 0 aliphatic heterocycles. The van der Waals surface area contributed by atoms with Crippen LogP contribution in [0, 0.1) is 0 Å². The number of aromatic amines is 1. The molecule has 5 N–H and O–H groups in total. The highest BCUT2D eigenvalue weighted by Gasteiger charge is 2.25. The van der Waals surface area contributed by atoms with Gasteiger partial charge in [-0.3, -0.25) is 0 Å². The van der Waals surface area contributed by atoms with Gasteiger partial charge in [0.2, 0.25) is 0 Å². The Balaban J connectivity index is 1.44. The summed E-state index contributed by atoms with van der Waals surface area (Å²) in [6, 6.07) is 20.8. The van der Waals surface area contributed by atoms with Crippen LogP contribution in [0.3, 0.4) is 0 Å². The minimum Gasteiger partial charge on any atom is -0.467 e. The molecule has 0 saturated carbocycles. The number of thiophene rings is 1. The Kier molecular flexibility index (Phi) is 8.21. The molecule has 0 fully saturated rings. The van der Waals surface area contributed by atoms with Gasteiger partial charge >= 0.3 is 5.97 Å². The van der Waals surface area contributed by atoms with E-state index in [2.05, 4.69) is 4.98 Å². The topological polar surface area (TPSA) is 118 Å². The van der Waals surface area contributed by atoms with Crippen molar-refractivity contribution in [3.63, 3.8) is 0 Å². The van der Waals surface area contributed by atoms with Crippen LogP contribution in [0.25, 0.3) is 21.3 Å². The fourth-order valence-corrected chi connectivity index (χ4v) is 6.36. The molecule has 1 unspecified atom stereocenters. The fraction of sp³-hybridized carbons (Fsp3) is 0.192. The molecule has 2 atom stereocenters. The quantitative estimate of drug-likeness (QED) is 0.166. The molecule has 8 nitrogen and oxygen atoms in total. The molecule has 0 amide bonds. The van der Waals surface area contributed by atoms with Crippen LogP contribution in [0.1, 0.15) is 5.56 Å². The number of benzene rings is 2. The van der Waals surface area contributed by atoms with Gasteiger partial charge < -0.3 is 20.5 Å². The highest BCUT2D eigenvalue weighted by atomic mass is 32.2. The third kappa shape index (κ3) is 5.85.